The maximum atomic E-state index is 11.9. The van der Waals surface area contributed by atoms with Crippen molar-refractivity contribution >= 4 is 5.78 Å². The second-order valence-corrected chi connectivity index (χ2v) is 5.13. The van der Waals surface area contributed by atoms with E-state index in [1.54, 1.807) is 6.07 Å². The summed E-state index contributed by atoms with van der Waals surface area (Å²) < 4.78 is 0. The van der Waals surface area contributed by atoms with E-state index in [9.17, 15) is 9.90 Å². The standard InChI is InChI=1S/C16H18O2/c1-3-12-6-4-5-7-13(12)16(18)14-10-11(2)8-9-15(14)17/h1,4-7,11,14,16,18H,8-10H2,2H3/t11-,14+,16+/m1/s1. The number of Topliss-reactive ketones (excluding diaryl/α,β-unsaturated/α-hetero) is 1. The molecule has 1 aliphatic carbocycles. The third kappa shape index (κ3) is 2.47. The molecule has 0 aliphatic heterocycles. The molecule has 1 aromatic carbocycles. The van der Waals surface area contributed by atoms with Crippen LogP contribution in [0.1, 0.15) is 43.4 Å². The number of ketones is 1. The third-order valence-corrected chi connectivity index (χ3v) is 3.77. The third-order valence-electron chi connectivity index (χ3n) is 3.77. The molecule has 0 bridgehead atoms. The number of benzene rings is 1. The van der Waals surface area contributed by atoms with Crippen LogP contribution in [0.5, 0.6) is 0 Å². The highest BCUT2D eigenvalue weighted by Crippen LogP contribution is 2.35. The predicted molar refractivity (Wildman–Crippen MR) is 70.8 cm³/mol. The number of hydrogen-bond acceptors (Lipinski definition) is 2. The second kappa shape index (κ2) is 5.37. The molecule has 94 valence electrons. The van der Waals surface area contributed by atoms with Crippen LogP contribution in [-0.2, 0) is 4.79 Å². The molecule has 0 radical (unpaired) electrons. The van der Waals surface area contributed by atoms with Crippen molar-refractivity contribution in [2.24, 2.45) is 11.8 Å². The zero-order valence-electron chi connectivity index (χ0n) is 10.6. The van der Waals surface area contributed by atoms with Gasteiger partial charge in [0.1, 0.15) is 5.78 Å². The summed E-state index contributed by atoms with van der Waals surface area (Å²) in [7, 11) is 0. The molecule has 3 atom stereocenters. The molecule has 0 heterocycles. The van der Waals surface area contributed by atoms with Gasteiger partial charge in [0.15, 0.2) is 0 Å². The van der Waals surface area contributed by atoms with Crippen LogP contribution in [-0.4, -0.2) is 10.9 Å². The largest absolute Gasteiger partial charge is 0.388 e. The molecule has 2 nitrogen and oxygen atoms in total. The first-order chi connectivity index (χ1) is 8.63. The van der Waals surface area contributed by atoms with Crippen LogP contribution in [0.3, 0.4) is 0 Å². The monoisotopic (exact) mass is 242 g/mol. The summed E-state index contributed by atoms with van der Waals surface area (Å²) in [6.07, 6.45) is 6.91. The fourth-order valence-electron chi connectivity index (χ4n) is 2.66. The van der Waals surface area contributed by atoms with Crippen LogP contribution in [0.4, 0.5) is 0 Å². The van der Waals surface area contributed by atoms with Gasteiger partial charge >= 0.3 is 0 Å². The lowest BCUT2D eigenvalue weighted by molar-refractivity contribution is -0.129. The van der Waals surface area contributed by atoms with Crippen molar-refractivity contribution < 1.29 is 9.90 Å². The summed E-state index contributed by atoms with van der Waals surface area (Å²) in [6.45, 7) is 2.12. The summed E-state index contributed by atoms with van der Waals surface area (Å²) in [5.41, 5.74) is 1.38. The Morgan fingerprint density at radius 1 is 1.44 bits per heavy atom. The quantitative estimate of drug-likeness (QED) is 0.810. The molecule has 2 rings (SSSR count). The topological polar surface area (TPSA) is 37.3 Å². The average molecular weight is 242 g/mol. The zero-order valence-corrected chi connectivity index (χ0v) is 10.6. The van der Waals surface area contributed by atoms with Crippen molar-refractivity contribution in [3.63, 3.8) is 0 Å². The van der Waals surface area contributed by atoms with E-state index in [0.717, 1.165) is 12.8 Å². The molecule has 18 heavy (non-hydrogen) atoms. The van der Waals surface area contributed by atoms with Gasteiger partial charge in [-0.05, 0) is 30.4 Å². The second-order valence-electron chi connectivity index (χ2n) is 5.13. The molecule has 0 amide bonds. The summed E-state index contributed by atoms with van der Waals surface area (Å²) >= 11 is 0. The highest BCUT2D eigenvalue weighted by atomic mass is 16.3. The Hall–Kier alpha value is -1.59. The Balaban J connectivity index is 2.27. The summed E-state index contributed by atoms with van der Waals surface area (Å²) in [4.78, 5) is 11.9. The summed E-state index contributed by atoms with van der Waals surface area (Å²) in [5, 5.41) is 10.4. The Morgan fingerprint density at radius 3 is 2.89 bits per heavy atom. The Labute approximate surface area is 108 Å². The van der Waals surface area contributed by atoms with E-state index in [4.69, 9.17) is 6.42 Å². The predicted octanol–water partition coefficient (Wildman–Crippen LogP) is 2.71. The summed E-state index contributed by atoms with van der Waals surface area (Å²) in [5.74, 6) is 2.91. The van der Waals surface area contributed by atoms with E-state index >= 15 is 0 Å². The van der Waals surface area contributed by atoms with Gasteiger partial charge in [0.25, 0.3) is 0 Å². The van der Waals surface area contributed by atoms with Gasteiger partial charge in [-0.25, -0.2) is 0 Å². The van der Waals surface area contributed by atoms with Gasteiger partial charge in [-0.15, -0.1) is 6.42 Å². The first-order valence-corrected chi connectivity index (χ1v) is 6.39. The van der Waals surface area contributed by atoms with Crippen LogP contribution in [0.2, 0.25) is 0 Å². The van der Waals surface area contributed by atoms with Gasteiger partial charge in [-0.3, -0.25) is 4.79 Å². The minimum atomic E-state index is -0.771. The molecule has 0 saturated heterocycles. The SMILES string of the molecule is C#Cc1ccccc1[C@H](O)[C@H]1C[C@H](C)CCC1=O. The van der Waals surface area contributed by atoms with E-state index in [0.29, 0.717) is 23.5 Å². The molecular formula is C16H18O2. The average Bonchev–Trinajstić information content (AvgIpc) is 2.40. The van der Waals surface area contributed by atoms with Crippen LogP contribution in [0, 0.1) is 24.2 Å². The first kappa shape index (κ1) is 12.9. The maximum Gasteiger partial charge on any atom is 0.138 e. The van der Waals surface area contributed by atoms with Gasteiger partial charge < -0.3 is 5.11 Å². The Morgan fingerprint density at radius 2 is 2.17 bits per heavy atom. The molecule has 2 heteroatoms. The van der Waals surface area contributed by atoms with Crippen LogP contribution in [0.15, 0.2) is 24.3 Å². The fourth-order valence-corrected chi connectivity index (χ4v) is 2.66. The van der Waals surface area contributed by atoms with Crippen molar-refractivity contribution in [3.05, 3.63) is 35.4 Å². The summed E-state index contributed by atoms with van der Waals surface area (Å²) in [6, 6.07) is 7.30. The van der Waals surface area contributed by atoms with Crippen molar-refractivity contribution in [1.82, 2.24) is 0 Å². The van der Waals surface area contributed by atoms with E-state index in [1.807, 2.05) is 18.2 Å². The lowest BCUT2D eigenvalue weighted by Crippen LogP contribution is -2.29. The molecule has 1 aromatic rings. The lowest BCUT2D eigenvalue weighted by atomic mass is 9.76. The number of rotatable bonds is 2. The number of carbonyl (C=O) groups is 1. The molecule has 0 unspecified atom stereocenters. The van der Waals surface area contributed by atoms with Crippen LogP contribution in [0.25, 0.3) is 0 Å². The minimum absolute atomic E-state index is 0.160. The molecule has 1 fully saturated rings. The van der Waals surface area contributed by atoms with Crippen molar-refractivity contribution in [2.75, 3.05) is 0 Å². The zero-order chi connectivity index (χ0) is 13.1. The first-order valence-electron chi connectivity index (χ1n) is 6.39. The minimum Gasteiger partial charge on any atom is -0.388 e. The Bertz CT molecular complexity index is 484. The fraction of sp³-hybridized carbons (Fsp3) is 0.438. The van der Waals surface area contributed by atoms with E-state index in [1.165, 1.54) is 0 Å². The molecule has 1 saturated carbocycles. The van der Waals surface area contributed by atoms with Gasteiger partial charge in [-0.1, -0.05) is 31.0 Å². The van der Waals surface area contributed by atoms with Crippen LogP contribution >= 0.6 is 0 Å². The van der Waals surface area contributed by atoms with Gasteiger partial charge in [0, 0.05) is 17.9 Å². The van der Waals surface area contributed by atoms with E-state index in [-0.39, 0.29) is 11.7 Å². The number of carbonyl (C=O) groups excluding carboxylic acids is 1. The number of hydrogen-bond donors (Lipinski definition) is 1. The number of aliphatic hydroxyl groups is 1. The van der Waals surface area contributed by atoms with Crippen LogP contribution < -0.4 is 0 Å². The molecule has 1 N–H and O–H groups in total. The van der Waals surface area contributed by atoms with E-state index in [2.05, 4.69) is 12.8 Å². The molecule has 0 aromatic heterocycles. The Kier molecular flexibility index (Phi) is 3.84. The molecular weight excluding hydrogens is 224 g/mol. The molecule has 0 spiro atoms. The smallest absolute Gasteiger partial charge is 0.138 e. The molecule has 1 aliphatic rings. The lowest BCUT2D eigenvalue weighted by Gasteiger charge is -2.29. The van der Waals surface area contributed by atoms with Crippen molar-refractivity contribution in [2.45, 2.75) is 32.3 Å². The van der Waals surface area contributed by atoms with Gasteiger partial charge in [0.05, 0.1) is 6.10 Å². The van der Waals surface area contributed by atoms with Gasteiger partial charge in [-0.2, -0.15) is 0 Å². The normalized spacial score (nSPS) is 25.5. The highest BCUT2D eigenvalue weighted by molar-refractivity contribution is 5.82. The van der Waals surface area contributed by atoms with Crippen molar-refractivity contribution in [1.29, 1.82) is 0 Å². The maximum absolute atomic E-state index is 11.9. The van der Waals surface area contributed by atoms with Gasteiger partial charge in [0.2, 0.25) is 0 Å². The van der Waals surface area contributed by atoms with E-state index < -0.39 is 6.10 Å². The highest BCUT2D eigenvalue weighted by Gasteiger charge is 2.33. The number of terminal acetylenes is 1. The number of aliphatic hydroxyl groups excluding tert-OH is 1. The van der Waals surface area contributed by atoms with Crippen molar-refractivity contribution in [3.8, 4) is 12.3 Å².